The van der Waals surface area contributed by atoms with E-state index in [9.17, 15) is 13.2 Å². The van der Waals surface area contributed by atoms with Gasteiger partial charge in [-0.25, -0.2) is 0 Å². The molecular weight excluding hydrogens is 255 g/mol. The molecule has 0 spiro atoms. The minimum Gasteiger partial charge on any atom is -0.371 e. The molecule has 0 aromatic carbocycles. The number of hydrogen-bond acceptors (Lipinski definition) is 2. The summed E-state index contributed by atoms with van der Waals surface area (Å²) in [6.45, 7) is -0.400. The Balaban J connectivity index is 1.70. The van der Waals surface area contributed by atoms with E-state index in [1.165, 1.54) is 0 Å². The second-order valence-electron chi connectivity index (χ2n) is 4.86. The minimum absolute atomic E-state index is 0.152. The highest BCUT2D eigenvalue weighted by Gasteiger charge is 2.39. The molecule has 2 nitrogen and oxygen atoms in total. The van der Waals surface area contributed by atoms with Crippen molar-refractivity contribution < 1.29 is 17.9 Å². The van der Waals surface area contributed by atoms with Gasteiger partial charge in [-0.15, -0.1) is 11.6 Å². The third kappa shape index (κ3) is 3.73. The van der Waals surface area contributed by atoms with Gasteiger partial charge in [-0.3, -0.25) is 4.90 Å². The third-order valence-corrected chi connectivity index (χ3v) is 3.94. The summed E-state index contributed by atoms with van der Waals surface area (Å²) in [5.74, 6) is 0. The molecule has 2 heterocycles. The fourth-order valence-corrected chi connectivity index (χ4v) is 3.34. The van der Waals surface area contributed by atoms with Gasteiger partial charge < -0.3 is 4.74 Å². The Bertz CT molecular complexity index is 248. The zero-order chi connectivity index (χ0) is 12.5. The predicted molar refractivity (Wildman–Crippen MR) is 59.3 cm³/mol. The van der Waals surface area contributed by atoms with Crippen molar-refractivity contribution in [3.8, 4) is 0 Å². The van der Waals surface area contributed by atoms with Crippen LogP contribution in [0.15, 0.2) is 0 Å². The normalized spacial score (nSPS) is 34.2. The highest BCUT2D eigenvalue weighted by molar-refractivity contribution is 6.20. The lowest BCUT2D eigenvalue weighted by atomic mass is 10.0. The molecule has 2 saturated heterocycles. The maximum Gasteiger partial charge on any atom is 0.411 e. The molecule has 6 heteroatoms. The molecule has 0 radical (unpaired) electrons. The zero-order valence-corrected chi connectivity index (χ0v) is 10.3. The molecule has 2 fully saturated rings. The second-order valence-corrected chi connectivity index (χ2v) is 5.48. The number of ether oxygens (including phenoxy) is 1. The molecule has 0 aromatic heterocycles. The largest absolute Gasteiger partial charge is 0.411 e. The maximum absolute atomic E-state index is 11.9. The summed E-state index contributed by atoms with van der Waals surface area (Å²) < 4.78 is 40.3. The van der Waals surface area contributed by atoms with Crippen molar-refractivity contribution in [1.29, 1.82) is 0 Å². The first-order valence-electron chi connectivity index (χ1n) is 6.00. The predicted octanol–water partition coefficient (Wildman–Crippen LogP) is 2.80. The van der Waals surface area contributed by atoms with Crippen LogP contribution >= 0.6 is 11.6 Å². The van der Waals surface area contributed by atoms with Crippen molar-refractivity contribution >= 4 is 11.6 Å². The number of piperidine rings is 1. The van der Waals surface area contributed by atoms with Crippen LogP contribution in [-0.4, -0.2) is 48.3 Å². The van der Waals surface area contributed by atoms with E-state index in [4.69, 9.17) is 11.6 Å². The number of nitrogens with zero attached hydrogens (tertiary/aromatic N) is 1. The number of alkyl halides is 4. The topological polar surface area (TPSA) is 12.5 Å². The maximum atomic E-state index is 11.9. The molecule has 2 aliphatic rings. The summed E-state index contributed by atoms with van der Waals surface area (Å²) in [5, 5.41) is 0.236. The van der Waals surface area contributed by atoms with Crippen LogP contribution < -0.4 is 0 Å². The molecule has 0 saturated carbocycles. The van der Waals surface area contributed by atoms with Crippen LogP contribution in [-0.2, 0) is 4.74 Å². The van der Waals surface area contributed by atoms with Crippen LogP contribution in [0.1, 0.15) is 25.7 Å². The molecule has 17 heavy (non-hydrogen) atoms. The summed E-state index contributed by atoms with van der Waals surface area (Å²) >= 11 is 6.13. The van der Waals surface area contributed by atoms with E-state index in [1.54, 1.807) is 0 Å². The van der Waals surface area contributed by atoms with Crippen molar-refractivity contribution in [3.63, 3.8) is 0 Å². The lowest BCUT2D eigenvalue weighted by Crippen LogP contribution is -2.45. The van der Waals surface area contributed by atoms with Crippen molar-refractivity contribution in [2.75, 3.05) is 19.8 Å². The van der Waals surface area contributed by atoms with Gasteiger partial charge in [0.05, 0.1) is 6.61 Å². The van der Waals surface area contributed by atoms with Gasteiger partial charge in [0.2, 0.25) is 0 Å². The molecule has 2 atom stereocenters. The Labute approximate surface area is 104 Å². The van der Waals surface area contributed by atoms with Gasteiger partial charge >= 0.3 is 6.18 Å². The smallest absolute Gasteiger partial charge is 0.371 e. The van der Waals surface area contributed by atoms with Gasteiger partial charge in [-0.2, -0.15) is 13.2 Å². The summed E-state index contributed by atoms with van der Waals surface area (Å²) in [7, 11) is 0. The monoisotopic (exact) mass is 271 g/mol. The van der Waals surface area contributed by atoms with Crippen molar-refractivity contribution in [2.24, 2.45) is 0 Å². The number of rotatable bonds is 4. The van der Waals surface area contributed by atoms with Crippen LogP contribution in [0.5, 0.6) is 0 Å². The number of halogens is 4. The average molecular weight is 272 g/mol. The van der Waals surface area contributed by atoms with E-state index in [-0.39, 0.29) is 12.0 Å². The van der Waals surface area contributed by atoms with Crippen molar-refractivity contribution in [2.45, 2.75) is 49.3 Å². The molecule has 2 rings (SSSR count). The number of fused-ring (bicyclic) bond motifs is 2. The third-order valence-electron chi connectivity index (χ3n) is 3.59. The van der Waals surface area contributed by atoms with Crippen LogP contribution in [0.2, 0.25) is 0 Å². The standard InChI is InChI=1S/C11H17ClF3NO/c12-8-5-9-1-2-10(6-8)16(9)3-4-17-7-11(13,14)15/h8-10H,1-7H2. The quantitative estimate of drug-likeness (QED) is 0.576. The summed E-state index contributed by atoms with van der Waals surface area (Å²) in [4.78, 5) is 2.27. The highest BCUT2D eigenvalue weighted by Crippen LogP contribution is 2.37. The molecule has 0 N–H and O–H groups in total. The first kappa shape index (κ1) is 13.4. The Morgan fingerprint density at radius 1 is 1.18 bits per heavy atom. The Kier molecular flexibility index (Phi) is 4.21. The molecule has 0 aliphatic carbocycles. The van der Waals surface area contributed by atoms with E-state index in [0.29, 0.717) is 18.6 Å². The van der Waals surface area contributed by atoms with Crippen molar-refractivity contribution in [1.82, 2.24) is 4.90 Å². The molecular formula is C11H17ClF3NO. The highest BCUT2D eigenvalue weighted by atomic mass is 35.5. The fraction of sp³-hybridized carbons (Fsp3) is 1.00. The summed E-state index contributed by atoms with van der Waals surface area (Å²) in [6.07, 6.45) is -0.0723. The lowest BCUT2D eigenvalue weighted by molar-refractivity contribution is -0.175. The first-order valence-corrected chi connectivity index (χ1v) is 6.43. The molecule has 100 valence electrons. The molecule has 2 unspecified atom stereocenters. The fourth-order valence-electron chi connectivity index (χ4n) is 2.93. The van der Waals surface area contributed by atoms with Crippen LogP contribution in [0.25, 0.3) is 0 Å². The van der Waals surface area contributed by atoms with Gasteiger partial charge in [-0.05, 0) is 25.7 Å². The van der Waals surface area contributed by atoms with E-state index in [0.717, 1.165) is 25.7 Å². The van der Waals surface area contributed by atoms with E-state index >= 15 is 0 Å². The Morgan fingerprint density at radius 3 is 2.29 bits per heavy atom. The van der Waals surface area contributed by atoms with E-state index in [1.807, 2.05) is 0 Å². The second kappa shape index (κ2) is 5.33. The molecule has 2 bridgehead atoms. The van der Waals surface area contributed by atoms with Gasteiger partial charge in [-0.1, -0.05) is 0 Å². The van der Waals surface area contributed by atoms with Crippen LogP contribution in [0.3, 0.4) is 0 Å². The number of hydrogen-bond donors (Lipinski definition) is 0. The molecule has 2 aliphatic heterocycles. The van der Waals surface area contributed by atoms with Gasteiger partial charge in [0.25, 0.3) is 0 Å². The van der Waals surface area contributed by atoms with Gasteiger partial charge in [0, 0.05) is 24.0 Å². The Morgan fingerprint density at radius 2 is 1.76 bits per heavy atom. The first-order chi connectivity index (χ1) is 7.96. The van der Waals surface area contributed by atoms with Gasteiger partial charge in [0.1, 0.15) is 6.61 Å². The summed E-state index contributed by atoms with van der Waals surface area (Å²) in [5.41, 5.74) is 0. The van der Waals surface area contributed by atoms with Gasteiger partial charge in [0.15, 0.2) is 0 Å². The zero-order valence-electron chi connectivity index (χ0n) is 9.55. The van der Waals surface area contributed by atoms with E-state index < -0.39 is 12.8 Å². The Hall–Kier alpha value is 0. The lowest BCUT2D eigenvalue weighted by Gasteiger charge is -2.36. The van der Waals surface area contributed by atoms with Crippen LogP contribution in [0, 0.1) is 0 Å². The average Bonchev–Trinajstić information content (AvgIpc) is 2.44. The SMILES string of the molecule is FC(F)(F)COCCN1C2CCC1CC(Cl)C2. The molecule has 0 amide bonds. The minimum atomic E-state index is -4.22. The van der Waals surface area contributed by atoms with E-state index in [2.05, 4.69) is 9.64 Å². The van der Waals surface area contributed by atoms with Crippen LogP contribution in [0.4, 0.5) is 13.2 Å². The van der Waals surface area contributed by atoms with Crippen molar-refractivity contribution in [3.05, 3.63) is 0 Å². The summed E-state index contributed by atoms with van der Waals surface area (Å²) in [6, 6.07) is 0.900. The molecule has 0 aromatic rings.